The highest BCUT2D eigenvalue weighted by atomic mass is 79.9. The molecule has 0 amide bonds. The van der Waals surface area contributed by atoms with Crippen molar-refractivity contribution in [2.24, 2.45) is 11.8 Å². The highest BCUT2D eigenvalue weighted by Crippen LogP contribution is 2.31. The molecule has 2 rings (SSSR count). The van der Waals surface area contributed by atoms with E-state index in [1.165, 1.54) is 25.1 Å². The first-order chi connectivity index (χ1) is 8.90. The van der Waals surface area contributed by atoms with Gasteiger partial charge in [0.1, 0.15) is 10.7 Å². The maximum Gasteiger partial charge on any atom is 0.244 e. The van der Waals surface area contributed by atoms with E-state index in [2.05, 4.69) is 32.6 Å². The second-order valence-corrected chi connectivity index (χ2v) is 7.71. The highest BCUT2D eigenvalue weighted by Gasteiger charge is 2.26. The van der Waals surface area contributed by atoms with Gasteiger partial charge in [0.2, 0.25) is 10.0 Å². The lowest BCUT2D eigenvalue weighted by atomic mass is 9.99. The Kier molecular flexibility index (Phi) is 4.47. The van der Waals surface area contributed by atoms with Crippen molar-refractivity contribution < 1.29 is 8.42 Å². The fraction of sp³-hybridized carbons (Fsp3) is 0.583. The van der Waals surface area contributed by atoms with E-state index in [9.17, 15) is 8.42 Å². The number of nitrogens with two attached hydrogens (primary N) is 1. The number of nitrogens with zero attached hydrogens (tertiary/aromatic N) is 1. The van der Waals surface area contributed by atoms with E-state index in [1.54, 1.807) is 0 Å². The van der Waals surface area contributed by atoms with Gasteiger partial charge in [0.05, 0.1) is 0 Å². The van der Waals surface area contributed by atoms with Crippen molar-refractivity contribution in [1.82, 2.24) is 9.71 Å². The Bertz CT molecular complexity index is 562. The van der Waals surface area contributed by atoms with Crippen LogP contribution in [0.3, 0.4) is 0 Å². The molecule has 5 nitrogen and oxygen atoms in total. The molecule has 0 saturated heterocycles. The van der Waals surface area contributed by atoms with Crippen molar-refractivity contribution in [2.75, 3.05) is 12.3 Å². The molecule has 19 heavy (non-hydrogen) atoms. The van der Waals surface area contributed by atoms with E-state index in [0.717, 1.165) is 6.42 Å². The van der Waals surface area contributed by atoms with E-state index in [0.29, 0.717) is 22.9 Å². The fourth-order valence-electron chi connectivity index (χ4n) is 2.47. The van der Waals surface area contributed by atoms with Gasteiger partial charge in [-0.2, -0.15) is 0 Å². The van der Waals surface area contributed by atoms with Crippen molar-refractivity contribution in [1.29, 1.82) is 0 Å². The van der Waals surface area contributed by atoms with Crippen molar-refractivity contribution in [3.63, 3.8) is 0 Å². The third kappa shape index (κ3) is 3.46. The molecule has 0 aromatic carbocycles. The Hall–Kier alpha value is -0.660. The van der Waals surface area contributed by atoms with Crippen LogP contribution >= 0.6 is 15.9 Å². The van der Waals surface area contributed by atoms with Gasteiger partial charge in [0.15, 0.2) is 0 Å². The summed E-state index contributed by atoms with van der Waals surface area (Å²) >= 11 is 3.21. The summed E-state index contributed by atoms with van der Waals surface area (Å²) in [6.45, 7) is 2.64. The van der Waals surface area contributed by atoms with E-state index in [4.69, 9.17) is 5.73 Å². The van der Waals surface area contributed by atoms with Gasteiger partial charge in [-0.25, -0.2) is 18.1 Å². The van der Waals surface area contributed by atoms with Crippen LogP contribution in [-0.2, 0) is 10.0 Å². The van der Waals surface area contributed by atoms with Gasteiger partial charge >= 0.3 is 0 Å². The minimum absolute atomic E-state index is 0.0233. The van der Waals surface area contributed by atoms with Crippen LogP contribution in [0.4, 0.5) is 5.82 Å². The number of hydrogen-bond acceptors (Lipinski definition) is 4. The predicted molar refractivity (Wildman–Crippen MR) is 78.0 cm³/mol. The first kappa shape index (κ1) is 14.7. The molecule has 1 aliphatic rings. The molecule has 1 aromatic rings. The monoisotopic (exact) mass is 347 g/mol. The summed E-state index contributed by atoms with van der Waals surface area (Å²) in [6, 6.07) is 1.47. The zero-order chi connectivity index (χ0) is 14.0. The number of anilines is 1. The minimum atomic E-state index is -3.59. The number of sulfonamides is 1. The summed E-state index contributed by atoms with van der Waals surface area (Å²) in [5.41, 5.74) is 5.64. The molecule has 3 N–H and O–H groups in total. The molecule has 1 fully saturated rings. The number of rotatable bonds is 4. The Morgan fingerprint density at radius 1 is 1.53 bits per heavy atom. The molecule has 0 bridgehead atoms. The van der Waals surface area contributed by atoms with Gasteiger partial charge < -0.3 is 5.73 Å². The Morgan fingerprint density at radius 2 is 2.26 bits per heavy atom. The first-order valence-corrected chi connectivity index (χ1v) is 8.58. The molecule has 1 aliphatic carbocycles. The Labute approximate surface area is 122 Å². The Morgan fingerprint density at radius 3 is 2.89 bits per heavy atom. The highest BCUT2D eigenvalue weighted by molar-refractivity contribution is 9.10. The van der Waals surface area contributed by atoms with Gasteiger partial charge in [0, 0.05) is 17.2 Å². The summed E-state index contributed by atoms with van der Waals surface area (Å²) in [7, 11) is -3.59. The molecule has 0 spiro atoms. The van der Waals surface area contributed by atoms with Crippen molar-refractivity contribution >= 4 is 31.8 Å². The molecular formula is C12H18BrN3O2S. The van der Waals surface area contributed by atoms with Crippen LogP contribution in [0.2, 0.25) is 0 Å². The van der Waals surface area contributed by atoms with Crippen LogP contribution in [0.15, 0.2) is 21.6 Å². The number of nitrogens with one attached hydrogen (secondary N) is 1. The third-order valence-corrected chi connectivity index (χ3v) is 5.60. The lowest BCUT2D eigenvalue weighted by molar-refractivity contribution is 0.414. The summed E-state index contributed by atoms with van der Waals surface area (Å²) in [5.74, 6) is 1.01. The zero-order valence-corrected chi connectivity index (χ0v) is 13.2. The lowest BCUT2D eigenvalue weighted by Gasteiger charge is -2.16. The van der Waals surface area contributed by atoms with Crippen LogP contribution < -0.4 is 10.5 Å². The molecule has 1 heterocycles. The van der Waals surface area contributed by atoms with E-state index in [1.807, 2.05) is 0 Å². The maximum atomic E-state index is 12.2. The molecule has 1 saturated carbocycles. The lowest BCUT2D eigenvalue weighted by Crippen LogP contribution is -2.31. The van der Waals surface area contributed by atoms with Gasteiger partial charge in [-0.05, 0) is 40.3 Å². The molecule has 0 radical (unpaired) electrons. The van der Waals surface area contributed by atoms with Gasteiger partial charge in [-0.3, -0.25) is 0 Å². The normalized spacial score (nSPS) is 23.7. The van der Waals surface area contributed by atoms with Gasteiger partial charge in [-0.15, -0.1) is 0 Å². The quantitative estimate of drug-likeness (QED) is 0.873. The molecule has 7 heteroatoms. The second-order valence-electron chi connectivity index (χ2n) is 5.06. The van der Waals surface area contributed by atoms with Crippen molar-refractivity contribution in [3.8, 4) is 0 Å². The van der Waals surface area contributed by atoms with Crippen LogP contribution in [0, 0.1) is 11.8 Å². The van der Waals surface area contributed by atoms with Crippen LogP contribution in [0.1, 0.15) is 26.2 Å². The van der Waals surface area contributed by atoms with Crippen LogP contribution in [0.25, 0.3) is 0 Å². The number of hydrogen-bond donors (Lipinski definition) is 2. The largest absolute Gasteiger partial charge is 0.383 e. The SMILES string of the molecule is CC1CCCC1CNS(=O)(=O)c1cc(Br)cnc1N. The number of pyridine rings is 1. The molecule has 2 unspecified atom stereocenters. The average Bonchev–Trinajstić information content (AvgIpc) is 2.75. The fourth-order valence-corrected chi connectivity index (χ4v) is 4.15. The molecule has 2 atom stereocenters. The molecular weight excluding hydrogens is 330 g/mol. The number of nitrogen functional groups attached to an aromatic ring is 1. The third-order valence-electron chi connectivity index (χ3n) is 3.71. The molecule has 0 aliphatic heterocycles. The number of aromatic nitrogens is 1. The first-order valence-electron chi connectivity index (χ1n) is 6.31. The number of halogens is 1. The predicted octanol–water partition coefficient (Wildman–Crippen LogP) is 2.14. The maximum absolute atomic E-state index is 12.2. The van der Waals surface area contributed by atoms with Gasteiger partial charge in [0.25, 0.3) is 0 Å². The topological polar surface area (TPSA) is 85.1 Å². The standard InChI is InChI=1S/C12H18BrN3O2S/c1-8-3-2-4-9(8)6-16-19(17,18)11-5-10(13)7-15-12(11)14/h5,7-9,16H,2-4,6H2,1H3,(H2,14,15). The average molecular weight is 348 g/mol. The summed E-state index contributed by atoms with van der Waals surface area (Å²) < 4.78 is 27.7. The van der Waals surface area contributed by atoms with Crippen molar-refractivity contribution in [3.05, 3.63) is 16.7 Å². The summed E-state index contributed by atoms with van der Waals surface area (Å²) in [5, 5.41) is 0. The summed E-state index contributed by atoms with van der Waals surface area (Å²) in [6.07, 6.45) is 4.91. The zero-order valence-electron chi connectivity index (χ0n) is 10.8. The minimum Gasteiger partial charge on any atom is -0.383 e. The smallest absolute Gasteiger partial charge is 0.244 e. The molecule has 1 aromatic heterocycles. The van der Waals surface area contributed by atoms with E-state index in [-0.39, 0.29) is 10.7 Å². The van der Waals surface area contributed by atoms with Gasteiger partial charge in [-0.1, -0.05) is 19.8 Å². The van der Waals surface area contributed by atoms with Crippen LogP contribution in [0.5, 0.6) is 0 Å². The Balaban J connectivity index is 2.12. The van der Waals surface area contributed by atoms with Crippen LogP contribution in [-0.4, -0.2) is 19.9 Å². The van der Waals surface area contributed by atoms with E-state index >= 15 is 0 Å². The second kappa shape index (κ2) is 5.76. The summed E-state index contributed by atoms with van der Waals surface area (Å²) in [4.78, 5) is 3.89. The van der Waals surface area contributed by atoms with Crippen molar-refractivity contribution in [2.45, 2.75) is 31.1 Å². The van der Waals surface area contributed by atoms with E-state index < -0.39 is 10.0 Å². The molecule has 106 valence electrons.